The van der Waals surface area contributed by atoms with Crippen molar-refractivity contribution in [2.75, 3.05) is 0 Å². The topological polar surface area (TPSA) is 26.3 Å². The van der Waals surface area contributed by atoms with Crippen molar-refractivity contribution >= 4 is 36.1 Å². The van der Waals surface area contributed by atoms with Crippen molar-refractivity contribution in [3.05, 3.63) is 35.4 Å². The highest BCUT2D eigenvalue weighted by atomic mass is 127. The number of esters is 1. The summed E-state index contributed by atoms with van der Waals surface area (Å²) in [6, 6.07) is 7.90. The predicted molar refractivity (Wildman–Crippen MR) is 89.1 cm³/mol. The lowest BCUT2D eigenvalue weighted by atomic mass is 10.0. The van der Waals surface area contributed by atoms with E-state index in [1.165, 1.54) is 8.93 Å². The zero-order valence-corrected chi connectivity index (χ0v) is 14.3. The first-order valence-electron chi connectivity index (χ1n) is 6.01. The summed E-state index contributed by atoms with van der Waals surface area (Å²) in [5.74, 6) is 2.92. The molecule has 2 nitrogen and oxygen atoms in total. The first-order valence-corrected chi connectivity index (χ1v) is 9.36. The van der Waals surface area contributed by atoms with Crippen LogP contribution in [0, 0.1) is 11.2 Å². The molecule has 0 aliphatic heterocycles. The lowest BCUT2D eigenvalue weighted by Gasteiger charge is -2.19. The summed E-state index contributed by atoms with van der Waals surface area (Å²) < 4.78 is 5.30. The molecule has 0 spiro atoms. The van der Waals surface area contributed by atoms with Crippen LogP contribution in [0.25, 0.3) is 0 Å². The number of rotatable bonds is 3. The van der Waals surface area contributed by atoms with Crippen molar-refractivity contribution in [3.63, 3.8) is 0 Å². The molecule has 0 fully saturated rings. The highest BCUT2D eigenvalue weighted by Gasteiger charge is 2.16. The summed E-state index contributed by atoms with van der Waals surface area (Å²) in [7, 11) is 1.45. The van der Waals surface area contributed by atoms with Crippen LogP contribution in [-0.4, -0.2) is 11.6 Å². The van der Waals surface area contributed by atoms with Crippen molar-refractivity contribution in [1.82, 2.24) is 0 Å². The molecule has 0 N–H and O–H groups in total. The van der Waals surface area contributed by atoms with Crippen molar-refractivity contribution in [2.45, 2.75) is 39.2 Å². The van der Waals surface area contributed by atoms with E-state index in [4.69, 9.17) is 4.74 Å². The first-order chi connectivity index (χ1) is 8.92. The molecular formula is C15H17IO2S. The minimum absolute atomic E-state index is 0.168. The van der Waals surface area contributed by atoms with Crippen molar-refractivity contribution in [2.24, 2.45) is 0 Å². The van der Waals surface area contributed by atoms with Gasteiger partial charge in [0.25, 0.3) is 0 Å². The molecule has 1 aromatic rings. The Morgan fingerprint density at radius 1 is 1.37 bits per heavy atom. The number of aryl methyl sites for hydroxylation is 1. The minimum Gasteiger partial charge on any atom is -0.460 e. The monoisotopic (exact) mass is 388 g/mol. The number of carbonyl (C=O) groups is 1. The second-order valence-electron chi connectivity index (χ2n) is 5.05. The standard InChI is InChI=1S/C15H17IO2S/c1-15(2,3)18-14(17)9-8-12-6-4-5-7-13(12)10-11-19-16/h4-7H,8-9H2,1-3H3. The summed E-state index contributed by atoms with van der Waals surface area (Å²) in [5, 5.41) is 2.97. The van der Waals surface area contributed by atoms with Gasteiger partial charge in [-0.3, -0.25) is 4.79 Å². The minimum atomic E-state index is -0.422. The highest BCUT2D eigenvalue weighted by molar-refractivity contribution is 14.2. The largest absolute Gasteiger partial charge is 0.460 e. The molecule has 0 bridgehead atoms. The average molecular weight is 388 g/mol. The van der Waals surface area contributed by atoms with Gasteiger partial charge in [-0.15, -0.1) is 0 Å². The van der Waals surface area contributed by atoms with Gasteiger partial charge in [0.2, 0.25) is 0 Å². The van der Waals surface area contributed by atoms with E-state index in [-0.39, 0.29) is 5.97 Å². The molecule has 0 aromatic heterocycles. The summed E-state index contributed by atoms with van der Waals surface area (Å²) >= 11 is 2.14. The first kappa shape index (κ1) is 16.4. The molecule has 1 aromatic carbocycles. The molecule has 0 heterocycles. The number of benzene rings is 1. The van der Waals surface area contributed by atoms with Crippen LogP contribution in [0.15, 0.2) is 24.3 Å². The lowest BCUT2D eigenvalue weighted by molar-refractivity contribution is -0.154. The Balaban J connectivity index is 2.65. The lowest BCUT2D eigenvalue weighted by Crippen LogP contribution is -2.24. The quantitative estimate of drug-likeness (QED) is 0.438. The van der Waals surface area contributed by atoms with Crippen LogP contribution in [0.5, 0.6) is 0 Å². The van der Waals surface area contributed by atoms with E-state index in [1.807, 2.05) is 45.0 Å². The van der Waals surface area contributed by atoms with Gasteiger partial charge in [0.05, 0.1) is 0 Å². The molecule has 1 rings (SSSR count). The van der Waals surface area contributed by atoms with E-state index < -0.39 is 5.60 Å². The number of hydrogen-bond acceptors (Lipinski definition) is 3. The maximum atomic E-state index is 11.7. The van der Waals surface area contributed by atoms with E-state index in [2.05, 4.69) is 32.4 Å². The Kier molecular flexibility index (Phi) is 6.73. The number of carbonyl (C=O) groups excluding carboxylic acids is 1. The zero-order valence-electron chi connectivity index (χ0n) is 11.3. The summed E-state index contributed by atoms with van der Waals surface area (Å²) in [4.78, 5) is 11.7. The second-order valence-corrected chi connectivity index (χ2v) is 6.73. The normalized spacial score (nSPS) is 10.5. The Bertz CT molecular complexity index is 495. The predicted octanol–water partition coefficient (Wildman–Crippen LogP) is 4.35. The van der Waals surface area contributed by atoms with Gasteiger partial charge in [-0.1, -0.05) is 24.1 Å². The molecule has 4 heteroatoms. The highest BCUT2D eigenvalue weighted by Crippen LogP contribution is 2.14. The van der Waals surface area contributed by atoms with Crippen molar-refractivity contribution in [3.8, 4) is 11.2 Å². The molecule has 0 atom stereocenters. The van der Waals surface area contributed by atoms with Crippen LogP contribution < -0.4 is 0 Å². The van der Waals surface area contributed by atoms with Gasteiger partial charge in [0.1, 0.15) is 5.60 Å². The average Bonchev–Trinajstić information content (AvgIpc) is 2.32. The Morgan fingerprint density at radius 2 is 2.05 bits per heavy atom. The number of ether oxygens (including phenoxy) is 1. The second kappa shape index (κ2) is 7.81. The van der Waals surface area contributed by atoms with Gasteiger partial charge >= 0.3 is 5.97 Å². The Hall–Kier alpha value is -0.670. The molecule has 0 unspecified atom stereocenters. The third kappa shape index (κ3) is 6.88. The fourth-order valence-electron chi connectivity index (χ4n) is 1.56. The molecule has 0 saturated heterocycles. The smallest absolute Gasteiger partial charge is 0.306 e. The molecular weight excluding hydrogens is 371 g/mol. The van der Waals surface area contributed by atoms with Crippen LogP contribution in [0.3, 0.4) is 0 Å². The van der Waals surface area contributed by atoms with Crippen LogP contribution in [-0.2, 0) is 16.0 Å². The van der Waals surface area contributed by atoms with E-state index in [1.54, 1.807) is 0 Å². The fraction of sp³-hybridized carbons (Fsp3) is 0.400. The van der Waals surface area contributed by atoms with E-state index >= 15 is 0 Å². The van der Waals surface area contributed by atoms with Crippen LogP contribution in [0.1, 0.15) is 38.3 Å². The van der Waals surface area contributed by atoms with Gasteiger partial charge in [0.15, 0.2) is 0 Å². The van der Waals surface area contributed by atoms with Gasteiger partial charge in [-0.05, 0) is 53.0 Å². The van der Waals surface area contributed by atoms with Gasteiger partial charge in [-0.2, -0.15) is 0 Å². The molecule has 0 radical (unpaired) electrons. The molecule has 0 amide bonds. The van der Waals surface area contributed by atoms with Gasteiger partial charge < -0.3 is 4.74 Å². The van der Waals surface area contributed by atoms with Crippen molar-refractivity contribution < 1.29 is 9.53 Å². The zero-order chi connectivity index (χ0) is 14.3. The SMILES string of the molecule is CC(C)(C)OC(=O)CCc1ccccc1C#CSI. The van der Waals surface area contributed by atoms with Crippen LogP contribution >= 0.6 is 30.1 Å². The van der Waals surface area contributed by atoms with Gasteiger partial charge in [-0.25, -0.2) is 0 Å². The Labute approximate surface area is 131 Å². The summed E-state index contributed by atoms with van der Waals surface area (Å²) in [6.07, 6.45) is 1.04. The molecule has 0 saturated carbocycles. The maximum Gasteiger partial charge on any atom is 0.306 e. The third-order valence-corrected chi connectivity index (χ3v) is 3.10. The fourth-order valence-corrected chi connectivity index (χ4v) is 2.04. The van der Waals surface area contributed by atoms with Gasteiger partial charge in [0, 0.05) is 33.2 Å². The van der Waals surface area contributed by atoms with Crippen LogP contribution in [0.4, 0.5) is 0 Å². The number of hydrogen-bond donors (Lipinski definition) is 0. The van der Waals surface area contributed by atoms with E-state index in [0.29, 0.717) is 12.8 Å². The third-order valence-electron chi connectivity index (χ3n) is 2.26. The summed E-state index contributed by atoms with van der Waals surface area (Å²) in [6.45, 7) is 5.63. The number of halogens is 1. The summed E-state index contributed by atoms with van der Waals surface area (Å²) in [5.41, 5.74) is 1.65. The molecule has 0 aliphatic carbocycles. The molecule has 0 aliphatic rings. The van der Waals surface area contributed by atoms with Crippen LogP contribution in [0.2, 0.25) is 0 Å². The molecule has 19 heavy (non-hydrogen) atoms. The van der Waals surface area contributed by atoms with E-state index in [9.17, 15) is 4.79 Å². The maximum absolute atomic E-state index is 11.7. The Morgan fingerprint density at radius 3 is 2.68 bits per heavy atom. The molecule has 102 valence electrons. The van der Waals surface area contributed by atoms with Crippen molar-refractivity contribution in [1.29, 1.82) is 0 Å². The van der Waals surface area contributed by atoms with E-state index in [0.717, 1.165) is 11.1 Å².